The van der Waals surface area contributed by atoms with Crippen LogP contribution in [-0.2, 0) is 13.0 Å². The molecular weight excluding hydrogens is 370 g/mol. The van der Waals surface area contributed by atoms with Gasteiger partial charge in [-0.1, -0.05) is 6.07 Å². The Bertz CT molecular complexity index is 990. The van der Waals surface area contributed by atoms with Gasteiger partial charge in [0.05, 0.1) is 11.9 Å². The number of likely N-dealkylation sites (tertiary alicyclic amines) is 1. The topological polar surface area (TPSA) is 115 Å². The molecule has 0 saturated carbocycles. The lowest BCUT2D eigenvalue weighted by Gasteiger charge is -2.32. The Morgan fingerprint density at radius 2 is 2.21 bits per heavy atom. The zero-order chi connectivity index (χ0) is 20.2. The van der Waals surface area contributed by atoms with Crippen molar-refractivity contribution >= 4 is 5.97 Å². The first-order chi connectivity index (χ1) is 14.1. The highest BCUT2D eigenvalue weighted by Gasteiger charge is 2.22. The first kappa shape index (κ1) is 19.1. The number of nitrogens with one attached hydrogen (secondary N) is 1. The van der Waals surface area contributed by atoms with E-state index in [-0.39, 0.29) is 11.3 Å². The number of piperidine rings is 1. The third kappa shape index (κ3) is 4.60. The van der Waals surface area contributed by atoms with Crippen molar-refractivity contribution in [3.05, 3.63) is 59.8 Å². The van der Waals surface area contributed by atoms with Crippen LogP contribution in [0.5, 0.6) is 5.75 Å². The van der Waals surface area contributed by atoms with Crippen molar-refractivity contribution in [1.82, 2.24) is 24.8 Å². The van der Waals surface area contributed by atoms with Gasteiger partial charge in [-0.2, -0.15) is 0 Å². The number of carbonyl (C=O) groups is 1. The Hall–Kier alpha value is -3.26. The second kappa shape index (κ2) is 8.40. The molecule has 0 aliphatic carbocycles. The van der Waals surface area contributed by atoms with Crippen LogP contribution in [0.3, 0.4) is 0 Å². The monoisotopic (exact) mass is 393 g/mol. The van der Waals surface area contributed by atoms with Gasteiger partial charge in [-0.15, -0.1) is 0 Å². The van der Waals surface area contributed by atoms with E-state index in [4.69, 9.17) is 4.98 Å². The average Bonchev–Trinajstić information content (AvgIpc) is 3.25. The minimum Gasteiger partial charge on any atom is -0.507 e. The number of aromatic nitrogens is 4. The van der Waals surface area contributed by atoms with Gasteiger partial charge in [0.25, 0.3) is 0 Å². The number of aromatic carboxylic acids is 1. The first-order valence-corrected chi connectivity index (χ1v) is 9.66. The van der Waals surface area contributed by atoms with E-state index < -0.39 is 5.97 Å². The van der Waals surface area contributed by atoms with Crippen molar-refractivity contribution in [2.75, 3.05) is 13.1 Å². The molecule has 1 aliphatic heterocycles. The molecule has 0 spiro atoms. The summed E-state index contributed by atoms with van der Waals surface area (Å²) in [6, 6.07) is 4.79. The molecule has 3 N–H and O–H groups in total. The lowest BCUT2D eigenvalue weighted by Crippen LogP contribution is -2.35. The molecule has 150 valence electrons. The van der Waals surface area contributed by atoms with Gasteiger partial charge in [0.15, 0.2) is 5.82 Å². The molecular formula is C21H23N5O3. The zero-order valence-corrected chi connectivity index (χ0v) is 16.0. The van der Waals surface area contributed by atoms with Gasteiger partial charge >= 0.3 is 5.97 Å². The molecule has 2 aromatic heterocycles. The van der Waals surface area contributed by atoms with Crippen LogP contribution >= 0.6 is 0 Å². The van der Waals surface area contributed by atoms with E-state index in [1.807, 2.05) is 6.20 Å². The highest BCUT2D eigenvalue weighted by molar-refractivity contribution is 5.90. The number of imidazole rings is 1. The summed E-state index contributed by atoms with van der Waals surface area (Å²) >= 11 is 0. The number of nitrogens with zero attached hydrogens (tertiary/aromatic N) is 4. The Balaban J connectivity index is 1.41. The molecule has 1 saturated heterocycles. The molecule has 0 bridgehead atoms. The molecule has 0 amide bonds. The van der Waals surface area contributed by atoms with Crippen molar-refractivity contribution in [2.45, 2.75) is 25.8 Å². The van der Waals surface area contributed by atoms with Crippen LogP contribution in [0.1, 0.15) is 34.5 Å². The molecule has 0 unspecified atom stereocenters. The SMILES string of the molecule is O=C(O)c1cc(CN2CCC[C@H](Cc3cncc(-c4ncc[nH]4)n3)C2)ccc1O. The van der Waals surface area contributed by atoms with Gasteiger partial charge < -0.3 is 15.2 Å². The standard InChI is InChI=1S/C21H23N5O3/c27-19-4-3-15(9-17(19)21(28)29)13-26-7-1-2-14(12-26)8-16-10-22-11-18(25-16)20-23-5-6-24-20/h3-6,9-11,14,27H,1-2,7-8,12-13H2,(H,23,24)(H,28,29)/t14-/m1/s1. The lowest BCUT2D eigenvalue weighted by atomic mass is 9.93. The van der Waals surface area contributed by atoms with Crippen LogP contribution in [-0.4, -0.2) is 54.1 Å². The predicted molar refractivity (Wildman–Crippen MR) is 106 cm³/mol. The Labute approximate surface area is 168 Å². The summed E-state index contributed by atoms with van der Waals surface area (Å²) in [7, 11) is 0. The number of hydrogen-bond donors (Lipinski definition) is 3. The minimum atomic E-state index is -1.11. The largest absolute Gasteiger partial charge is 0.507 e. The summed E-state index contributed by atoms with van der Waals surface area (Å²) in [5.41, 5.74) is 2.52. The van der Waals surface area contributed by atoms with Gasteiger partial charge in [0.1, 0.15) is 17.0 Å². The van der Waals surface area contributed by atoms with Crippen molar-refractivity contribution in [3.8, 4) is 17.3 Å². The Morgan fingerprint density at radius 3 is 3.00 bits per heavy atom. The molecule has 8 heteroatoms. The van der Waals surface area contributed by atoms with Crippen molar-refractivity contribution < 1.29 is 15.0 Å². The van der Waals surface area contributed by atoms with Crippen LogP contribution in [0.4, 0.5) is 0 Å². The van der Waals surface area contributed by atoms with E-state index in [2.05, 4.69) is 19.9 Å². The van der Waals surface area contributed by atoms with E-state index in [1.54, 1.807) is 30.7 Å². The Kier molecular flexibility index (Phi) is 5.53. The second-order valence-electron chi connectivity index (χ2n) is 7.44. The van der Waals surface area contributed by atoms with Crippen molar-refractivity contribution in [2.24, 2.45) is 5.92 Å². The third-order valence-corrected chi connectivity index (χ3v) is 5.22. The first-order valence-electron chi connectivity index (χ1n) is 9.66. The van der Waals surface area contributed by atoms with E-state index in [0.29, 0.717) is 18.3 Å². The van der Waals surface area contributed by atoms with Gasteiger partial charge in [-0.25, -0.2) is 14.8 Å². The fourth-order valence-electron chi connectivity index (χ4n) is 3.89. The molecule has 3 aromatic rings. The summed E-state index contributed by atoms with van der Waals surface area (Å²) in [5, 5.41) is 18.9. The zero-order valence-electron chi connectivity index (χ0n) is 16.0. The van der Waals surface area contributed by atoms with Crippen molar-refractivity contribution in [1.29, 1.82) is 0 Å². The quantitative estimate of drug-likeness (QED) is 0.590. The number of H-pyrrole nitrogens is 1. The summed E-state index contributed by atoms with van der Waals surface area (Å²) in [6.45, 7) is 2.54. The van der Waals surface area contributed by atoms with Crippen LogP contribution in [0, 0.1) is 5.92 Å². The smallest absolute Gasteiger partial charge is 0.339 e. The van der Waals surface area contributed by atoms with Gasteiger partial charge in [0.2, 0.25) is 0 Å². The summed E-state index contributed by atoms with van der Waals surface area (Å²) in [4.78, 5) is 29.9. The highest BCUT2D eigenvalue weighted by atomic mass is 16.4. The molecule has 29 heavy (non-hydrogen) atoms. The molecule has 1 atom stereocenters. The number of carboxylic acid groups (broad SMARTS) is 1. The van der Waals surface area contributed by atoms with E-state index in [1.165, 1.54) is 6.07 Å². The summed E-state index contributed by atoms with van der Waals surface area (Å²) < 4.78 is 0. The average molecular weight is 393 g/mol. The molecule has 0 radical (unpaired) electrons. The number of phenols is 1. The molecule has 1 fully saturated rings. The summed E-state index contributed by atoms with van der Waals surface area (Å²) in [5.74, 6) is -0.143. The van der Waals surface area contributed by atoms with E-state index in [9.17, 15) is 15.0 Å². The number of carboxylic acids is 1. The number of rotatable bonds is 6. The van der Waals surface area contributed by atoms with Crippen LogP contribution in [0.25, 0.3) is 11.5 Å². The molecule has 8 nitrogen and oxygen atoms in total. The molecule has 1 aliphatic rings. The Morgan fingerprint density at radius 1 is 1.31 bits per heavy atom. The molecule has 3 heterocycles. The maximum Gasteiger partial charge on any atom is 0.339 e. The van der Waals surface area contributed by atoms with Gasteiger partial charge in [-0.05, 0) is 49.4 Å². The van der Waals surface area contributed by atoms with E-state index >= 15 is 0 Å². The van der Waals surface area contributed by atoms with Crippen LogP contribution < -0.4 is 0 Å². The fraction of sp³-hybridized carbons (Fsp3) is 0.333. The molecule has 1 aromatic carbocycles. The third-order valence-electron chi connectivity index (χ3n) is 5.22. The normalized spacial score (nSPS) is 17.3. The number of aromatic amines is 1. The van der Waals surface area contributed by atoms with Gasteiger partial charge in [-0.3, -0.25) is 9.88 Å². The second-order valence-corrected chi connectivity index (χ2v) is 7.44. The van der Waals surface area contributed by atoms with E-state index in [0.717, 1.165) is 49.3 Å². The van der Waals surface area contributed by atoms with Gasteiger partial charge in [0, 0.05) is 31.7 Å². The fourth-order valence-corrected chi connectivity index (χ4v) is 3.89. The number of hydrogen-bond acceptors (Lipinski definition) is 6. The lowest BCUT2D eigenvalue weighted by molar-refractivity contribution is 0.0693. The number of aromatic hydroxyl groups is 1. The number of benzene rings is 1. The maximum absolute atomic E-state index is 11.2. The van der Waals surface area contributed by atoms with Crippen LogP contribution in [0.15, 0.2) is 43.0 Å². The minimum absolute atomic E-state index is 0.0546. The predicted octanol–water partition coefficient (Wildman–Crippen LogP) is 2.73. The molecule has 4 rings (SSSR count). The maximum atomic E-state index is 11.2. The highest BCUT2D eigenvalue weighted by Crippen LogP contribution is 2.24. The van der Waals surface area contributed by atoms with Crippen LogP contribution in [0.2, 0.25) is 0 Å². The van der Waals surface area contributed by atoms with Crippen molar-refractivity contribution in [3.63, 3.8) is 0 Å². The summed E-state index contributed by atoms with van der Waals surface area (Å²) in [6.07, 6.45) is 10.0.